The van der Waals surface area contributed by atoms with Crippen molar-refractivity contribution in [2.45, 2.75) is 25.7 Å². The maximum absolute atomic E-state index is 13.0. The smallest absolute Gasteiger partial charge is 0.255 e. The summed E-state index contributed by atoms with van der Waals surface area (Å²) >= 11 is 0. The molecule has 176 valence electrons. The number of pyridine rings is 1. The van der Waals surface area contributed by atoms with Crippen LogP contribution >= 0.6 is 0 Å². The van der Waals surface area contributed by atoms with Gasteiger partial charge < -0.3 is 16.0 Å². The van der Waals surface area contributed by atoms with Gasteiger partial charge in [0.05, 0.1) is 5.69 Å². The van der Waals surface area contributed by atoms with Gasteiger partial charge in [0.2, 0.25) is 5.95 Å². The normalized spacial score (nSPS) is 15.4. The molecule has 0 radical (unpaired) electrons. The highest BCUT2D eigenvalue weighted by Crippen LogP contribution is 2.26. The van der Waals surface area contributed by atoms with Crippen molar-refractivity contribution in [3.63, 3.8) is 0 Å². The Morgan fingerprint density at radius 1 is 1.06 bits per heavy atom. The molecule has 4 aromatic rings. The van der Waals surface area contributed by atoms with E-state index in [4.69, 9.17) is 0 Å². The van der Waals surface area contributed by atoms with Gasteiger partial charge in [-0.05, 0) is 85.8 Å². The van der Waals surface area contributed by atoms with Crippen LogP contribution in [0.3, 0.4) is 0 Å². The minimum absolute atomic E-state index is 0.162. The van der Waals surface area contributed by atoms with E-state index in [1.54, 1.807) is 18.6 Å². The van der Waals surface area contributed by atoms with Crippen molar-refractivity contribution in [1.82, 2.24) is 20.3 Å². The molecule has 1 unspecified atom stereocenters. The maximum Gasteiger partial charge on any atom is 0.255 e. The Morgan fingerprint density at radius 2 is 1.94 bits per heavy atom. The third-order valence-electron chi connectivity index (χ3n) is 6.30. The molecule has 1 aliphatic heterocycles. The van der Waals surface area contributed by atoms with Gasteiger partial charge in [-0.15, -0.1) is 0 Å². The van der Waals surface area contributed by atoms with E-state index in [2.05, 4.69) is 43.0 Å². The summed E-state index contributed by atoms with van der Waals surface area (Å²) in [5.41, 5.74) is 6.10. The fraction of sp³-hybridized carbons (Fsp3) is 0.214. The lowest BCUT2D eigenvalue weighted by Gasteiger charge is -2.23. The Morgan fingerprint density at radius 3 is 2.71 bits per heavy atom. The first-order valence-corrected chi connectivity index (χ1v) is 11.9. The lowest BCUT2D eigenvalue weighted by Crippen LogP contribution is -2.28. The van der Waals surface area contributed by atoms with Crippen LogP contribution in [-0.4, -0.2) is 33.9 Å². The largest absolute Gasteiger partial charge is 0.324 e. The fourth-order valence-corrected chi connectivity index (χ4v) is 4.29. The Labute approximate surface area is 205 Å². The molecule has 1 fully saturated rings. The zero-order valence-electron chi connectivity index (χ0n) is 19.7. The summed E-state index contributed by atoms with van der Waals surface area (Å²) in [5, 5.41) is 9.72. The molecule has 0 saturated carbocycles. The predicted octanol–water partition coefficient (Wildman–Crippen LogP) is 5.31. The van der Waals surface area contributed by atoms with Crippen LogP contribution in [0.25, 0.3) is 11.3 Å². The van der Waals surface area contributed by atoms with Gasteiger partial charge in [-0.1, -0.05) is 18.2 Å². The van der Waals surface area contributed by atoms with Crippen molar-refractivity contribution < 1.29 is 4.79 Å². The number of benzene rings is 2. The van der Waals surface area contributed by atoms with Crippen molar-refractivity contribution in [3.05, 3.63) is 95.9 Å². The molecule has 1 aliphatic rings. The summed E-state index contributed by atoms with van der Waals surface area (Å²) in [6.45, 7) is 4.09. The summed E-state index contributed by atoms with van der Waals surface area (Å²) in [4.78, 5) is 26.1. The minimum Gasteiger partial charge on any atom is -0.324 e. The number of carbonyl (C=O) groups excluding carboxylic acids is 1. The number of aryl methyl sites for hydroxylation is 1. The van der Waals surface area contributed by atoms with Gasteiger partial charge in [0, 0.05) is 47.6 Å². The molecule has 0 bridgehead atoms. The molecule has 7 heteroatoms. The molecule has 3 N–H and O–H groups in total. The van der Waals surface area contributed by atoms with Gasteiger partial charge in [-0.3, -0.25) is 9.78 Å². The van der Waals surface area contributed by atoms with E-state index < -0.39 is 0 Å². The zero-order chi connectivity index (χ0) is 24.0. The second-order valence-corrected chi connectivity index (χ2v) is 8.78. The van der Waals surface area contributed by atoms with Gasteiger partial charge in [0.25, 0.3) is 5.91 Å². The quantitative estimate of drug-likeness (QED) is 0.358. The van der Waals surface area contributed by atoms with Gasteiger partial charge in [-0.2, -0.15) is 0 Å². The average Bonchev–Trinajstić information content (AvgIpc) is 2.91. The van der Waals surface area contributed by atoms with Crippen LogP contribution in [0.4, 0.5) is 17.3 Å². The van der Waals surface area contributed by atoms with Crippen LogP contribution in [0.5, 0.6) is 0 Å². The number of aromatic nitrogens is 3. The van der Waals surface area contributed by atoms with E-state index in [0.29, 0.717) is 17.4 Å². The maximum atomic E-state index is 13.0. The van der Waals surface area contributed by atoms with Crippen LogP contribution in [0.2, 0.25) is 0 Å². The number of nitrogens with zero attached hydrogens (tertiary/aromatic N) is 3. The van der Waals surface area contributed by atoms with Crippen LogP contribution in [0.15, 0.2) is 79.3 Å². The van der Waals surface area contributed by atoms with E-state index in [1.165, 1.54) is 18.4 Å². The number of amides is 1. The van der Waals surface area contributed by atoms with Crippen LogP contribution in [-0.2, 0) is 0 Å². The SMILES string of the molecule is Cc1ccc(C(=O)Nc2ccc(C3CCCNC3)cc2)cc1Nc1nccc(-c2cccnc2)n1. The minimum atomic E-state index is -0.162. The molecule has 2 aromatic carbocycles. The highest BCUT2D eigenvalue weighted by Gasteiger charge is 2.15. The number of nitrogens with one attached hydrogen (secondary N) is 3. The van der Waals surface area contributed by atoms with E-state index in [1.807, 2.05) is 55.5 Å². The third-order valence-corrected chi connectivity index (χ3v) is 6.30. The Kier molecular flexibility index (Phi) is 6.77. The standard InChI is InChI=1S/C28H28N6O/c1-19-6-7-21(27(35)32-24-10-8-20(9-11-24)22-4-2-13-29-17-22)16-26(19)34-28-31-15-12-25(33-28)23-5-3-14-30-18-23/h3,5-12,14-16,18,22,29H,2,4,13,17H2,1H3,(H,32,35)(H,31,33,34). The molecule has 0 aliphatic carbocycles. The van der Waals surface area contributed by atoms with Gasteiger partial charge >= 0.3 is 0 Å². The van der Waals surface area contributed by atoms with Gasteiger partial charge in [-0.25, -0.2) is 9.97 Å². The molecular weight excluding hydrogens is 436 g/mol. The molecule has 1 amide bonds. The Hall–Kier alpha value is -4.10. The highest BCUT2D eigenvalue weighted by molar-refractivity contribution is 6.05. The van der Waals surface area contributed by atoms with E-state index in [9.17, 15) is 4.79 Å². The van der Waals surface area contributed by atoms with Crippen LogP contribution in [0.1, 0.15) is 40.2 Å². The van der Waals surface area contributed by atoms with Crippen molar-refractivity contribution in [2.75, 3.05) is 23.7 Å². The molecular formula is C28H28N6O. The number of hydrogen-bond donors (Lipinski definition) is 3. The molecule has 7 nitrogen and oxygen atoms in total. The Balaban J connectivity index is 1.29. The number of hydrogen-bond acceptors (Lipinski definition) is 6. The van der Waals surface area contributed by atoms with Crippen LogP contribution < -0.4 is 16.0 Å². The average molecular weight is 465 g/mol. The summed E-state index contributed by atoms with van der Waals surface area (Å²) in [6.07, 6.45) is 7.60. The van der Waals surface area contributed by atoms with Crippen molar-refractivity contribution in [3.8, 4) is 11.3 Å². The summed E-state index contributed by atoms with van der Waals surface area (Å²) in [6, 6.07) is 19.4. The van der Waals surface area contributed by atoms with E-state index in [0.717, 1.165) is 41.3 Å². The van der Waals surface area contributed by atoms with Gasteiger partial charge in [0.15, 0.2) is 0 Å². The first-order valence-electron chi connectivity index (χ1n) is 11.9. The predicted molar refractivity (Wildman–Crippen MR) is 139 cm³/mol. The molecule has 35 heavy (non-hydrogen) atoms. The van der Waals surface area contributed by atoms with Crippen molar-refractivity contribution >= 4 is 23.2 Å². The number of anilines is 3. The fourth-order valence-electron chi connectivity index (χ4n) is 4.29. The summed E-state index contributed by atoms with van der Waals surface area (Å²) < 4.78 is 0. The van der Waals surface area contributed by atoms with E-state index in [-0.39, 0.29) is 5.91 Å². The molecule has 3 heterocycles. The lowest BCUT2D eigenvalue weighted by atomic mass is 9.91. The number of rotatable bonds is 6. The summed E-state index contributed by atoms with van der Waals surface area (Å²) in [7, 11) is 0. The topological polar surface area (TPSA) is 91.8 Å². The monoisotopic (exact) mass is 464 g/mol. The Bertz CT molecular complexity index is 1300. The third kappa shape index (κ3) is 5.53. The first kappa shape index (κ1) is 22.7. The van der Waals surface area contributed by atoms with E-state index >= 15 is 0 Å². The summed E-state index contributed by atoms with van der Waals surface area (Å²) in [5.74, 6) is 0.836. The zero-order valence-corrected chi connectivity index (χ0v) is 19.7. The molecule has 1 atom stereocenters. The van der Waals surface area contributed by atoms with Crippen molar-refractivity contribution in [2.24, 2.45) is 0 Å². The van der Waals surface area contributed by atoms with Gasteiger partial charge in [0.1, 0.15) is 0 Å². The molecule has 1 saturated heterocycles. The molecule has 5 rings (SSSR count). The van der Waals surface area contributed by atoms with Crippen LogP contribution in [0, 0.1) is 6.92 Å². The first-order chi connectivity index (χ1) is 17.2. The molecule has 0 spiro atoms. The second kappa shape index (κ2) is 10.4. The number of piperidine rings is 1. The molecule has 2 aromatic heterocycles. The van der Waals surface area contributed by atoms with Crippen molar-refractivity contribution in [1.29, 1.82) is 0 Å². The highest BCUT2D eigenvalue weighted by atomic mass is 16.1. The lowest BCUT2D eigenvalue weighted by molar-refractivity contribution is 0.102. The number of carbonyl (C=O) groups is 1. The second-order valence-electron chi connectivity index (χ2n) is 8.78.